The second-order valence-corrected chi connectivity index (χ2v) is 11.4. The first-order chi connectivity index (χ1) is 15.9. The first kappa shape index (κ1) is 22.8. The predicted octanol–water partition coefficient (Wildman–Crippen LogP) is 1.77. The van der Waals surface area contributed by atoms with Crippen LogP contribution in [0.1, 0.15) is 11.8 Å². The van der Waals surface area contributed by atoms with Crippen LogP contribution < -0.4 is 5.73 Å². The molecule has 3 N–H and O–H groups in total. The van der Waals surface area contributed by atoms with E-state index in [-0.39, 0.29) is 19.0 Å². The Bertz CT molecular complexity index is 1170. The van der Waals surface area contributed by atoms with E-state index in [1.165, 1.54) is 18.9 Å². The van der Waals surface area contributed by atoms with Crippen molar-refractivity contribution in [2.24, 2.45) is 0 Å². The van der Waals surface area contributed by atoms with Crippen LogP contribution in [0.5, 0.6) is 0 Å². The lowest BCUT2D eigenvalue weighted by Crippen LogP contribution is -2.32. The maximum absolute atomic E-state index is 12.0. The van der Waals surface area contributed by atoms with Gasteiger partial charge in [-0.2, -0.15) is 0 Å². The van der Waals surface area contributed by atoms with Gasteiger partial charge in [0.1, 0.15) is 30.2 Å². The molecule has 2 aromatic heterocycles. The van der Waals surface area contributed by atoms with Gasteiger partial charge in [0.25, 0.3) is 0 Å². The molecule has 0 radical (unpaired) electrons. The SMILES string of the molecule is CSP(=O)(O)OC[C@H]1O[C@@H](n2cnc3c(N)ncnc32)[C@@H]2OB(OCc3ccccc3)O[C@@H]21. The molecule has 15 heteroatoms. The summed E-state index contributed by atoms with van der Waals surface area (Å²) in [6.45, 7) is -3.69. The number of ether oxygens (including phenoxy) is 1. The topological polar surface area (TPSA) is 153 Å². The van der Waals surface area contributed by atoms with Gasteiger partial charge in [0.05, 0.1) is 19.5 Å². The van der Waals surface area contributed by atoms with Gasteiger partial charge in [0, 0.05) is 0 Å². The van der Waals surface area contributed by atoms with Gasteiger partial charge in [-0.3, -0.25) is 9.09 Å². The molecule has 174 valence electrons. The van der Waals surface area contributed by atoms with Crippen molar-refractivity contribution >= 4 is 42.5 Å². The standard InChI is InChI=1S/C18H21BN5O7PS/c1-33-32(25,26)28-8-12-14-15(31-19(30-14)27-7-11-5-3-2-4-6-11)18(29-12)24-10-23-13-16(20)21-9-22-17(13)24/h2-6,9-10,12,14-15,18H,7-8H2,1H3,(H,25,26)(H2,20,21,22)/t12-,14-,15-,18-/m1/s1. The third-order valence-corrected chi connectivity index (χ3v) is 7.98. The minimum atomic E-state index is -3.80. The minimum absolute atomic E-state index is 0.176. The molecule has 5 rings (SSSR count). The number of hydrogen-bond donors (Lipinski definition) is 2. The summed E-state index contributed by atoms with van der Waals surface area (Å²) < 4.78 is 42.8. The lowest BCUT2D eigenvalue weighted by Gasteiger charge is -2.20. The number of fused-ring (bicyclic) bond motifs is 2. The Morgan fingerprint density at radius 1 is 1.24 bits per heavy atom. The van der Waals surface area contributed by atoms with Crippen LogP contribution in [0.25, 0.3) is 11.2 Å². The minimum Gasteiger partial charge on any atom is -0.382 e. The van der Waals surface area contributed by atoms with Crippen LogP contribution in [0.15, 0.2) is 43.0 Å². The van der Waals surface area contributed by atoms with Gasteiger partial charge in [-0.25, -0.2) is 19.5 Å². The van der Waals surface area contributed by atoms with Crippen LogP contribution in [-0.4, -0.2) is 62.9 Å². The highest BCUT2D eigenvalue weighted by Gasteiger charge is 2.56. The maximum Gasteiger partial charge on any atom is 0.640 e. The third-order valence-electron chi connectivity index (χ3n) is 5.34. The molecular weight excluding hydrogens is 472 g/mol. The highest BCUT2D eigenvalue weighted by Crippen LogP contribution is 2.54. The van der Waals surface area contributed by atoms with Crippen LogP contribution in [0.2, 0.25) is 0 Å². The lowest BCUT2D eigenvalue weighted by atomic mass is 10.1. The molecule has 2 saturated heterocycles. The fourth-order valence-corrected chi connectivity index (χ4v) is 4.70. The Labute approximate surface area is 193 Å². The molecule has 1 aromatic carbocycles. The van der Waals surface area contributed by atoms with E-state index in [4.69, 9.17) is 29.0 Å². The van der Waals surface area contributed by atoms with Crippen molar-refractivity contribution in [2.75, 3.05) is 18.6 Å². The van der Waals surface area contributed by atoms with E-state index in [2.05, 4.69) is 15.0 Å². The molecule has 0 saturated carbocycles. The monoisotopic (exact) mass is 493 g/mol. The molecule has 4 heterocycles. The van der Waals surface area contributed by atoms with Gasteiger partial charge in [0.15, 0.2) is 17.7 Å². The summed E-state index contributed by atoms with van der Waals surface area (Å²) in [5.41, 5.74) is 7.75. The van der Waals surface area contributed by atoms with E-state index in [1.807, 2.05) is 30.3 Å². The molecule has 2 aliphatic heterocycles. The number of benzene rings is 1. The van der Waals surface area contributed by atoms with Crippen LogP contribution >= 0.6 is 18.2 Å². The zero-order valence-corrected chi connectivity index (χ0v) is 19.2. The third kappa shape index (κ3) is 4.66. The first-order valence-corrected chi connectivity index (χ1v) is 13.4. The van der Waals surface area contributed by atoms with E-state index in [0.717, 1.165) is 16.9 Å². The van der Waals surface area contributed by atoms with Crippen molar-refractivity contribution < 1.29 is 32.7 Å². The van der Waals surface area contributed by atoms with Gasteiger partial charge in [-0.1, -0.05) is 30.3 Å². The number of nitrogens with zero attached hydrogens (tertiary/aromatic N) is 4. The number of anilines is 1. The van der Waals surface area contributed by atoms with Crippen molar-refractivity contribution in [1.29, 1.82) is 0 Å². The average molecular weight is 493 g/mol. The van der Waals surface area contributed by atoms with E-state index < -0.39 is 38.7 Å². The van der Waals surface area contributed by atoms with E-state index in [0.29, 0.717) is 11.2 Å². The summed E-state index contributed by atoms with van der Waals surface area (Å²) in [4.78, 5) is 22.3. The summed E-state index contributed by atoms with van der Waals surface area (Å²) in [7, 11) is -0.954. The first-order valence-electron chi connectivity index (χ1n) is 10.0. The zero-order valence-electron chi connectivity index (χ0n) is 17.5. The Balaban J connectivity index is 1.37. The maximum atomic E-state index is 12.0. The quantitative estimate of drug-likeness (QED) is 0.347. The van der Waals surface area contributed by atoms with Crippen molar-refractivity contribution in [1.82, 2.24) is 19.5 Å². The average Bonchev–Trinajstić information content (AvgIpc) is 3.51. The molecule has 1 unspecified atom stereocenters. The van der Waals surface area contributed by atoms with Gasteiger partial charge in [-0.15, -0.1) is 0 Å². The number of hydrogen-bond acceptors (Lipinski definition) is 11. The molecule has 2 aliphatic rings. The molecule has 2 fully saturated rings. The number of aromatic nitrogens is 4. The lowest BCUT2D eigenvalue weighted by molar-refractivity contribution is -0.0621. The van der Waals surface area contributed by atoms with Crippen molar-refractivity contribution in [3.8, 4) is 0 Å². The fourth-order valence-electron chi connectivity index (χ4n) is 3.76. The highest BCUT2D eigenvalue weighted by molar-refractivity contribution is 8.54. The molecule has 0 amide bonds. The van der Waals surface area contributed by atoms with E-state index in [9.17, 15) is 9.46 Å². The molecule has 0 aliphatic carbocycles. The number of imidazole rings is 1. The molecule has 5 atom stereocenters. The smallest absolute Gasteiger partial charge is 0.382 e. The van der Waals surface area contributed by atoms with Crippen molar-refractivity contribution in [2.45, 2.75) is 31.1 Å². The summed E-state index contributed by atoms with van der Waals surface area (Å²) in [5, 5.41) is 0. The predicted molar refractivity (Wildman–Crippen MR) is 120 cm³/mol. The molecule has 3 aromatic rings. The number of nitrogen functional groups attached to an aromatic ring is 1. The Hall–Kier alpha value is -2.03. The van der Waals surface area contributed by atoms with Gasteiger partial charge >= 0.3 is 14.1 Å². The second-order valence-electron chi connectivity index (χ2n) is 7.38. The summed E-state index contributed by atoms with van der Waals surface area (Å²) in [6.07, 6.45) is 1.72. The summed E-state index contributed by atoms with van der Waals surface area (Å²) in [6, 6.07) is 9.61. The van der Waals surface area contributed by atoms with Crippen molar-refractivity contribution in [3.05, 3.63) is 48.5 Å². The van der Waals surface area contributed by atoms with E-state index >= 15 is 0 Å². The van der Waals surface area contributed by atoms with Gasteiger partial charge in [-0.05, 0) is 23.2 Å². The molecular formula is C18H21BN5O7PS. The zero-order chi connectivity index (χ0) is 23.0. The second kappa shape index (κ2) is 9.32. The normalized spacial score (nSPS) is 26.5. The number of rotatable bonds is 8. The Kier molecular flexibility index (Phi) is 6.42. The van der Waals surface area contributed by atoms with Crippen molar-refractivity contribution in [3.63, 3.8) is 0 Å². The van der Waals surface area contributed by atoms with Crippen LogP contribution in [0, 0.1) is 0 Å². The largest absolute Gasteiger partial charge is 0.640 e. The highest BCUT2D eigenvalue weighted by atomic mass is 32.7. The van der Waals surface area contributed by atoms with E-state index in [1.54, 1.807) is 4.57 Å². The number of nitrogens with two attached hydrogens (primary N) is 1. The Morgan fingerprint density at radius 3 is 2.82 bits per heavy atom. The fraction of sp³-hybridized carbons (Fsp3) is 0.389. The van der Waals surface area contributed by atoms with Crippen LogP contribution in [0.3, 0.4) is 0 Å². The van der Waals surface area contributed by atoms with Gasteiger partial charge in [0.2, 0.25) is 0 Å². The molecule has 12 nitrogen and oxygen atoms in total. The van der Waals surface area contributed by atoms with Crippen LogP contribution in [0.4, 0.5) is 5.82 Å². The van der Waals surface area contributed by atoms with Crippen LogP contribution in [-0.2, 0) is 34.4 Å². The molecule has 0 spiro atoms. The molecule has 33 heavy (non-hydrogen) atoms. The van der Waals surface area contributed by atoms with Gasteiger partial charge < -0.3 is 29.3 Å². The summed E-state index contributed by atoms with van der Waals surface area (Å²) >= 11 is 0.735. The summed E-state index contributed by atoms with van der Waals surface area (Å²) in [5.74, 6) is 0.238. The molecule has 0 bridgehead atoms. The Morgan fingerprint density at radius 2 is 2.03 bits per heavy atom.